The highest BCUT2D eigenvalue weighted by atomic mass is 32.2. The molecule has 0 heterocycles. The molecule has 0 fully saturated rings. The number of benzene rings is 1. The Hall–Kier alpha value is -1.68. The highest BCUT2D eigenvalue weighted by molar-refractivity contribution is 7.89. The Morgan fingerprint density at radius 1 is 1.04 bits per heavy atom. The van der Waals surface area contributed by atoms with Crippen molar-refractivity contribution < 1.29 is 27.4 Å². The monoisotopic (exact) mass is 360 g/mol. The van der Waals surface area contributed by atoms with Crippen molar-refractivity contribution in [3.8, 4) is 5.75 Å². The van der Waals surface area contributed by atoms with E-state index in [1.165, 1.54) is 31.4 Å². The molecule has 8 nitrogen and oxygen atoms in total. The molecule has 1 aromatic carbocycles. The summed E-state index contributed by atoms with van der Waals surface area (Å²) in [6.07, 6.45) is 0.727. The van der Waals surface area contributed by atoms with Gasteiger partial charge < -0.3 is 19.5 Å². The Balaban J connectivity index is 2.43. The van der Waals surface area contributed by atoms with E-state index in [-0.39, 0.29) is 24.0 Å². The minimum atomic E-state index is -3.57. The summed E-state index contributed by atoms with van der Waals surface area (Å²) in [5.74, 6) is 0.168. The predicted molar refractivity (Wildman–Crippen MR) is 88.5 cm³/mol. The number of nitrogens with one attached hydrogen (secondary N) is 2. The lowest BCUT2D eigenvalue weighted by Gasteiger charge is -2.09. The molecule has 0 radical (unpaired) electrons. The van der Waals surface area contributed by atoms with Crippen LogP contribution in [0.5, 0.6) is 5.75 Å². The number of amides is 1. The van der Waals surface area contributed by atoms with E-state index in [4.69, 9.17) is 14.2 Å². The minimum absolute atomic E-state index is 0.120. The van der Waals surface area contributed by atoms with Crippen LogP contribution >= 0.6 is 0 Å². The Labute approximate surface area is 142 Å². The third-order valence-electron chi connectivity index (χ3n) is 2.95. The summed E-state index contributed by atoms with van der Waals surface area (Å²) in [5.41, 5.74) is 0. The summed E-state index contributed by atoms with van der Waals surface area (Å²) < 4.78 is 41.3. The standard InChI is InChI=1S/C15H24N2O6S/c1-21-10-3-8-16-15(18)12-23-13-4-6-14(7-5-13)24(19,20)17-9-11-22-2/h4-7,17H,3,8-12H2,1-2H3,(H,16,18). The highest BCUT2D eigenvalue weighted by Gasteiger charge is 2.13. The third kappa shape index (κ3) is 7.73. The van der Waals surface area contributed by atoms with E-state index in [9.17, 15) is 13.2 Å². The Morgan fingerprint density at radius 3 is 2.33 bits per heavy atom. The molecular weight excluding hydrogens is 336 g/mol. The van der Waals surface area contributed by atoms with E-state index in [1.54, 1.807) is 7.11 Å². The second kappa shape index (κ2) is 11.0. The summed E-state index contributed by atoms with van der Waals surface area (Å²) in [7, 11) is -0.481. The zero-order valence-electron chi connectivity index (χ0n) is 13.9. The van der Waals surface area contributed by atoms with E-state index >= 15 is 0 Å². The molecule has 24 heavy (non-hydrogen) atoms. The van der Waals surface area contributed by atoms with Crippen molar-refractivity contribution in [3.05, 3.63) is 24.3 Å². The number of hydrogen-bond acceptors (Lipinski definition) is 6. The maximum Gasteiger partial charge on any atom is 0.257 e. The van der Waals surface area contributed by atoms with Crippen molar-refractivity contribution in [2.24, 2.45) is 0 Å². The number of hydrogen-bond donors (Lipinski definition) is 2. The maximum atomic E-state index is 12.0. The average Bonchev–Trinajstić information content (AvgIpc) is 2.57. The van der Waals surface area contributed by atoms with E-state index in [0.717, 1.165) is 6.42 Å². The van der Waals surface area contributed by atoms with Crippen molar-refractivity contribution >= 4 is 15.9 Å². The molecule has 2 N–H and O–H groups in total. The van der Waals surface area contributed by atoms with Crippen molar-refractivity contribution in [2.75, 3.05) is 47.1 Å². The van der Waals surface area contributed by atoms with Crippen LogP contribution in [0.15, 0.2) is 29.2 Å². The van der Waals surface area contributed by atoms with Gasteiger partial charge in [0, 0.05) is 33.9 Å². The van der Waals surface area contributed by atoms with Gasteiger partial charge in [-0.05, 0) is 30.7 Å². The molecule has 9 heteroatoms. The summed E-state index contributed by atoms with van der Waals surface area (Å²) in [5, 5.41) is 2.69. The molecule has 0 aliphatic carbocycles. The highest BCUT2D eigenvalue weighted by Crippen LogP contribution is 2.15. The maximum absolute atomic E-state index is 12.0. The lowest BCUT2D eigenvalue weighted by Crippen LogP contribution is -2.30. The van der Waals surface area contributed by atoms with Crippen LogP contribution in [-0.4, -0.2) is 61.5 Å². The molecule has 0 saturated heterocycles. The first-order chi connectivity index (χ1) is 11.5. The average molecular weight is 360 g/mol. The molecule has 136 valence electrons. The third-order valence-corrected chi connectivity index (χ3v) is 4.43. The fourth-order valence-electron chi connectivity index (χ4n) is 1.72. The van der Waals surface area contributed by atoms with E-state index in [1.807, 2.05) is 0 Å². The zero-order chi connectivity index (χ0) is 17.8. The second-order valence-electron chi connectivity index (χ2n) is 4.85. The van der Waals surface area contributed by atoms with Crippen molar-refractivity contribution in [1.29, 1.82) is 0 Å². The Bertz CT molecular complexity index is 588. The number of carbonyl (C=O) groups is 1. The Kier molecular flexibility index (Phi) is 9.31. The molecule has 0 atom stereocenters. The van der Waals surface area contributed by atoms with Crippen LogP contribution < -0.4 is 14.8 Å². The van der Waals surface area contributed by atoms with E-state index in [2.05, 4.69) is 10.0 Å². The van der Waals surface area contributed by atoms with Gasteiger partial charge in [0.05, 0.1) is 11.5 Å². The molecule has 0 aromatic heterocycles. The lowest BCUT2D eigenvalue weighted by atomic mass is 10.3. The number of sulfonamides is 1. The molecule has 1 rings (SSSR count). The fourth-order valence-corrected chi connectivity index (χ4v) is 2.73. The second-order valence-corrected chi connectivity index (χ2v) is 6.61. The fraction of sp³-hybridized carbons (Fsp3) is 0.533. The Morgan fingerprint density at radius 2 is 1.71 bits per heavy atom. The van der Waals surface area contributed by atoms with Crippen molar-refractivity contribution in [3.63, 3.8) is 0 Å². The van der Waals surface area contributed by atoms with Crippen LogP contribution in [-0.2, 0) is 24.3 Å². The molecule has 0 aliphatic rings. The number of rotatable bonds is 12. The van der Waals surface area contributed by atoms with Gasteiger partial charge in [-0.1, -0.05) is 0 Å². The predicted octanol–water partition coefficient (Wildman–Crippen LogP) is 0.143. The molecule has 1 aromatic rings. The van der Waals surface area contributed by atoms with Crippen LogP contribution in [0, 0.1) is 0 Å². The van der Waals surface area contributed by atoms with Crippen LogP contribution in [0.25, 0.3) is 0 Å². The van der Waals surface area contributed by atoms with E-state index < -0.39 is 10.0 Å². The van der Waals surface area contributed by atoms with Gasteiger partial charge in [0.25, 0.3) is 5.91 Å². The summed E-state index contributed by atoms with van der Waals surface area (Å²) in [6.45, 7) is 1.45. The first-order valence-electron chi connectivity index (χ1n) is 7.46. The SMILES string of the molecule is COCCCNC(=O)COc1ccc(S(=O)(=O)NCCOC)cc1. The first-order valence-corrected chi connectivity index (χ1v) is 8.95. The van der Waals surface area contributed by atoms with Crippen LogP contribution in [0.2, 0.25) is 0 Å². The van der Waals surface area contributed by atoms with Crippen molar-refractivity contribution in [2.45, 2.75) is 11.3 Å². The molecule has 0 aliphatic heterocycles. The topological polar surface area (TPSA) is 103 Å². The normalized spacial score (nSPS) is 11.2. The van der Waals surface area contributed by atoms with E-state index in [0.29, 0.717) is 25.5 Å². The summed E-state index contributed by atoms with van der Waals surface area (Å²) in [4.78, 5) is 11.7. The molecule has 0 saturated carbocycles. The number of methoxy groups -OCH3 is 2. The van der Waals surface area contributed by atoms with Gasteiger partial charge >= 0.3 is 0 Å². The van der Waals surface area contributed by atoms with Crippen molar-refractivity contribution in [1.82, 2.24) is 10.0 Å². The van der Waals surface area contributed by atoms with Gasteiger partial charge in [-0.3, -0.25) is 4.79 Å². The van der Waals surface area contributed by atoms with Gasteiger partial charge in [0.1, 0.15) is 5.75 Å². The van der Waals surface area contributed by atoms with Crippen LogP contribution in [0.4, 0.5) is 0 Å². The van der Waals surface area contributed by atoms with Gasteiger partial charge in [0.15, 0.2) is 6.61 Å². The largest absolute Gasteiger partial charge is 0.484 e. The van der Waals surface area contributed by atoms with Crippen LogP contribution in [0.3, 0.4) is 0 Å². The molecule has 0 spiro atoms. The minimum Gasteiger partial charge on any atom is -0.484 e. The summed E-state index contributed by atoms with van der Waals surface area (Å²) in [6, 6.07) is 5.84. The van der Waals surface area contributed by atoms with Gasteiger partial charge in [-0.15, -0.1) is 0 Å². The molecule has 0 unspecified atom stereocenters. The quantitative estimate of drug-likeness (QED) is 0.514. The molecule has 1 amide bonds. The van der Waals surface area contributed by atoms with Gasteiger partial charge in [0.2, 0.25) is 10.0 Å². The van der Waals surface area contributed by atoms with Gasteiger partial charge in [-0.25, -0.2) is 13.1 Å². The zero-order valence-corrected chi connectivity index (χ0v) is 14.7. The number of ether oxygens (including phenoxy) is 3. The van der Waals surface area contributed by atoms with Crippen LogP contribution in [0.1, 0.15) is 6.42 Å². The smallest absolute Gasteiger partial charge is 0.257 e. The lowest BCUT2D eigenvalue weighted by molar-refractivity contribution is -0.123. The summed E-state index contributed by atoms with van der Waals surface area (Å²) >= 11 is 0. The number of carbonyl (C=O) groups excluding carboxylic acids is 1. The first kappa shape index (κ1) is 20.4. The molecular formula is C15H24N2O6S. The van der Waals surface area contributed by atoms with Gasteiger partial charge in [-0.2, -0.15) is 0 Å². The molecule has 0 bridgehead atoms.